The molecule has 0 fully saturated rings. The van der Waals surface area contributed by atoms with Crippen LogP contribution in [0.1, 0.15) is 15.9 Å². The number of para-hydroxylation sites is 1. The van der Waals surface area contributed by atoms with Gasteiger partial charge in [0.05, 0.1) is 17.0 Å². The van der Waals surface area contributed by atoms with Crippen LogP contribution >= 0.6 is 11.3 Å². The molecule has 0 saturated carbocycles. The number of hydrogen-bond acceptors (Lipinski definition) is 4. The number of amides is 1. The summed E-state index contributed by atoms with van der Waals surface area (Å²) in [6.07, 6.45) is 1.82. The van der Waals surface area contributed by atoms with Gasteiger partial charge in [-0.05, 0) is 30.7 Å². The van der Waals surface area contributed by atoms with Gasteiger partial charge in [0.25, 0.3) is 5.91 Å². The van der Waals surface area contributed by atoms with Crippen LogP contribution in [0, 0.1) is 6.92 Å². The van der Waals surface area contributed by atoms with Gasteiger partial charge >= 0.3 is 0 Å². The molecule has 5 nitrogen and oxygen atoms in total. The lowest BCUT2D eigenvalue weighted by Crippen LogP contribution is -2.12. The van der Waals surface area contributed by atoms with Gasteiger partial charge in [0, 0.05) is 11.6 Å². The number of nitrogens with one attached hydrogen (secondary N) is 2. The molecule has 0 radical (unpaired) electrons. The molecule has 0 atom stereocenters. The minimum absolute atomic E-state index is 0.00357. The van der Waals surface area contributed by atoms with Crippen molar-refractivity contribution < 1.29 is 9.90 Å². The maximum absolute atomic E-state index is 12.2. The number of carbonyl (C=O) groups is 1. The van der Waals surface area contributed by atoms with E-state index in [4.69, 9.17) is 0 Å². The van der Waals surface area contributed by atoms with E-state index in [2.05, 4.69) is 15.3 Å². The molecule has 106 valence electrons. The van der Waals surface area contributed by atoms with Crippen LogP contribution in [0.15, 0.2) is 41.9 Å². The largest absolute Gasteiger partial charge is 0.507 e. The first-order valence-electron chi connectivity index (χ1n) is 6.34. The molecule has 3 N–H and O–H groups in total. The van der Waals surface area contributed by atoms with Crippen molar-refractivity contribution in [3.8, 4) is 17.1 Å². The third-order valence-corrected chi connectivity index (χ3v) is 3.84. The number of thiazole rings is 1. The van der Waals surface area contributed by atoms with Gasteiger partial charge in [-0.25, -0.2) is 4.98 Å². The topological polar surface area (TPSA) is 78.0 Å². The van der Waals surface area contributed by atoms with Gasteiger partial charge in [0.1, 0.15) is 5.75 Å². The number of anilines is 1. The van der Waals surface area contributed by atoms with Gasteiger partial charge in [-0.2, -0.15) is 0 Å². The Hall–Kier alpha value is -2.60. The Kier molecular flexibility index (Phi) is 3.45. The first kappa shape index (κ1) is 13.4. The highest BCUT2D eigenvalue weighted by molar-refractivity contribution is 7.14. The van der Waals surface area contributed by atoms with E-state index in [1.54, 1.807) is 25.1 Å². The molecule has 2 heterocycles. The quantitative estimate of drug-likeness (QED) is 0.693. The van der Waals surface area contributed by atoms with Gasteiger partial charge in [-0.3, -0.25) is 10.1 Å². The Labute approximate surface area is 125 Å². The van der Waals surface area contributed by atoms with Crippen LogP contribution in [0.25, 0.3) is 11.4 Å². The molecule has 2 aromatic heterocycles. The van der Waals surface area contributed by atoms with Crippen molar-refractivity contribution in [2.75, 3.05) is 5.32 Å². The van der Waals surface area contributed by atoms with Gasteiger partial charge in [-0.1, -0.05) is 12.1 Å². The molecule has 0 aliphatic heterocycles. The summed E-state index contributed by atoms with van der Waals surface area (Å²) in [4.78, 5) is 19.6. The predicted molar refractivity (Wildman–Crippen MR) is 82.7 cm³/mol. The molecule has 0 bridgehead atoms. The Morgan fingerprint density at radius 3 is 2.95 bits per heavy atom. The smallest absolute Gasteiger partial charge is 0.261 e. The van der Waals surface area contributed by atoms with E-state index in [1.165, 1.54) is 11.3 Å². The molecule has 1 amide bonds. The molecule has 3 aromatic rings. The van der Waals surface area contributed by atoms with Crippen molar-refractivity contribution in [2.45, 2.75) is 6.92 Å². The molecule has 0 unspecified atom stereocenters. The second-order valence-corrected chi connectivity index (χ2v) is 5.40. The number of hydrogen-bond donors (Lipinski definition) is 3. The van der Waals surface area contributed by atoms with Crippen molar-refractivity contribution in [3.63, 3.8) is 0 Å². The van der Waals surface area contributed by atoms with Crippen molar-refractivity contribution in [1.82, 2.24) is 9.97 Å². The van der Waals surface area contributed by atoms with Crippen molar-refractivity contribution >= 4 is 22.4 Å². The maximum Gasteiger partial charge on any atom is 0.261 e. The van der Waals surface area contributed by atoms with Crippen LogP contribution in [0.4, 0.5) is 5.13 Å². The lowest BCUT2D eigenvalue weighted by Gasteiger charge is -2.06. The van der Waals surface area contributed by atoms with E-state index in [9.17, 15) is 9.90 Å². The zero-order chi connectivity index (χ0) is 14.8. The normalized spacial score (nSPS) is 10.5. The number of aromatic hydroxyl groups is 1. The number of aromatic amines is 1. The van der Waals surface area contributed by atoms with Crippen LogP contribution in [-0.4, -0.2) is 21.0 Å². The van der Waals surface area contributed by atoms with E-state index in [0.29, 0.717) is 10.7 Å². The van der Waals surface area contributed by atoms with Crippen LogP contribution in [0.2, 0.25) is 0 Å². The summed E-state index contributed by atoms with van der Waals surface area (Å²) in [5.41, 5.74) is 2.57. The summed E-state index contributed by atoms with van der Waals surface area (Å²) in [5.74, 6) is -0.375. The highest BCUT2D eigenvalue weighted by Gasteiger charge is 2.14. The zero-order valence-corrected chi connectivity index (χ0v) is 12.1. The number of H-pyrrole nitrogens is 1. The lowest BCUT2D eigenvalue weighted by molar-refractivity contribution is 0.102. The number of aryl methyl sites for hydroxylation is 1. The average Bonchev–Trinajstić information content (AvgIpc) is 3.12. The Morgan fingerprint density at radius 2 is 2.19 bits per heavy atom. The van der Waals surface area contributed by atoms with Gasteiger partial charge in [0.2, 0.25) is 0 Å². The number of phenols is 1. The summed E-state index contributed by atoms with van der Waals surface area (Å²) < 4.78 is 0. The molecular weight excluding hydrogens is 286 g/mol. The van der Waals surface area contributed by atoms with Crippen molar-refractivity contribution in [2.24, 2.45) is 0 Å². The molecular formula is C15H13N3O2S. The summed E-state index contributed by atoms with van der Waals surface area (Å²) >= 11 is 1.34. The molecule has 0 spiro atoms. The molecule has 0 saturated heterocycles. The minimum atomic E-state index is -0.372. The maximum atomic E-state index is 12.2. The lowest BCUT2D eigenvalue weighted by atomic mass is 10.1. The van der Waals surface area contributed by atoms with Gasteiger partial charge in [-0.15, -0.1) is 11.3 Å². The second-order valence-electron chi connectivity index (χ2n) is 4.55. The molecule has 1 aromatic carbocycles. The van der Waals surface area contributed by atoms with Crippen molar-refractivity contribution in [3.05, 3.63) is 53.0 Å². The van der Waals surface area contributed by atoms with Crippen LogP contribution in [-0.2, 0) is 0 Å². The average molecular weight is 299 g/mol. The highest BCUT2D eigenvalue weighted by Crippen LogP contribution is 2.26. The number of rotatable bonds is 3. The van der Waals surface area contributed by atoms with E-state index >= 15 is 0 Å². The Balaban J connectivity index is 1.81. The first-order chi connectivity index (χ1) is 10.1. The molecule has 0 aliphatic rings. The van der Waals surface area contributed by atoms with E-state index in [0.717, 1.165) is 11.4 Å². The van der Waals surface area contributed by atoms with E-state index in [-0.39, 0.29) is 17.2 Å². The van der Waals surface area contributed by atoms with E-state index in [1.807, 2.05) is 23.7 Å². The van der Waals surface area contributed by atoms with Crippen molar-refractivity contribution in [1.29, 1.82) is 0 Å². The van der Waals surface area contributed by atoms with Gasteiger partial charge in [0.15, 0.2) is 5.13 Å². The molecule has 3 rings (SSSR count). The zero-order valence-electron chi connectivity index (χ0n) is 11.3. The second kappa shape index (κ2) is 5.41. The van der Waals surface area contributed by atoms with Crippen LogP contribution in [0.3, 0.4) is 0 Å². The Morgan fingerprint density at radius 1 is 1.33 bits per heavy atom. The first-order valence-corrected chi connectivity index (χ1v) is 7.22. The Bertz CT molecular complexity index is 778. The fourth-order valence-corrected chi connectivity index (χ4v) is 2.66. The highest BCUT2D eigenvalue weighted by atomic mass is 32.1. The third kappa shape index (κ3) is 2.66. The predicted octanol–water partition coefficient (Wildman–Crippen LogP) is 3.40. The number of benzene rings is 1. The number of carbonyl (C=O) groups excluding carboxylic acids is 1. The van der Waals surface area contributed by atoms with Gasteiger partial charge < -0.3 is 10.1 Å². The summed E-state index contributed by atoms with van der Waals surface area (Å²) in [5, 5.41) is 15.0. The monoisotopic (exact) mass is 299 g/mol. The molecule has 6 heteroatoms. The summed E-state index contributed by atoms with van der Waals surface area (Å²) in [6.45, 7) is 1.75. The fourth-order valence-electron chi connectivity index (χ4n) is 1.95. The number of aromatic nitrogens is 2. The summed E-state index contributed by atoms with van der Waals surface area (Å²) in [7, 11) is 0. The molecule has 0 aliphatic carbocycles. The standard InChI is InChI=1S/C15H13N3O2S/c1-9-4-2-5-10(13(9)19)14(20)18-15-17-12(8-21-15)11-6-3-7-16-11/h2-8,16,19H,1H3,(H,17,18,20). The van der Waals surface area contributed by atoms with Crippen LogP contribution in [0.5, 0.6) is 5.75 Å². The fraction of sp³-hybridized carbons (Fsp3) is 0.0667. The number of phenolic OH excluding ortho intramolecular Hbond substituents is 1. The third-order valence-electron chi connectivity index (χ3n) is 3.08. The summed E-state index contributed by atoms with van der Waals surface area (Å²) in [6, 6.07) is 8.86. The van der Waals surface area contributed by atoms with E-state index < -0.39 is 0 Å². The SMILES string of the molecule is Cc1cccc(C(=O)Nc2nc(-c3ccc[nH]3)cs2)c1O. The molecule has 21 heavy (non-hydrogen) atoms. The van der Waals surface area contributed by atoms with Crippen LogP contribution < -0.4 is 5.32 Å². The minimum Gasteiger partial charge on any atom is -0.507 e. The number of nitrogens with zero attached hydrogens (tertiary/aromatic N) is 1.